The van der Waals surface area contributed by atoms with E-state index >= 15 is 0 Å². The standard InChI is InChI=1S/C55H37NOS/c1-55(2)47-23-10-8-18-41(47)42-31-30-38(33-48(42)55)56(37-15-4-3-5-16-37)49-24-13-21-44-46-32-36-14-6-7-17-39(36)51(53(46)57-52(44)49)35-28-26-34(27-29-35)40-20-12-22-45-43-19-9-11-25-50(43)58-54(40)45/h3-33H,1-2H3. The van der Waals surface area contributed by atoms with Crippen LogP contribution in [0.1, 0.15) is 25.0 Å². The molecule has 0 fully saturated rings. The molecule has 2 heterocycles. The number of para-hydroxylation sites is 2. The molecule has 0 atom stereocenters. The van der Waals surface area contributed by atoms with Crippen molar-refractivity contribution in [2.75, 3.05) is 4.90 Å². The number of hydrogen-bond donors (Lipinski definition) is 0. The largest absolute Gasteiger partial charge is 0.453 e. The first kappa shape index (κ1) is 33.2. The van der Waals surface area contributed by atoms with Gasteiger partial charge in [-0.15, -0.1) is 11.3 Å². The van der Waals surface area contributed by atoms with Gasteiger partial charge in [-0.3, -0.25) is 0 Å². The molecular formula is C55H37NOS. The van der Waals surface area contributed by atoms with Gasteiger partial charge in [0.15, 0.2) is 5.58 Å². The molecule has 9 aromatic carbocycles. The second kappa shape index (κ2) is 12.5. The normalized spacial score (nSPS) is 13.1. The van der Waals surface area contributed by atoms with E-state index < -0.39 is 0 Å². The van der Waals surface area contributed by atoms with Crippen LogP contribution in [0.4, 0.5) is 17.1 Å². The fourth-order valence-corrected chi connectivity index (χ4v) is 10.9. The molecule has 0 saturated heterocycles. The lowest BCUT2D eigenvalue weighted by Gasteiger charge is -2.28. The zero-order valence-electron chi connectivity index (χ0n) is 32.2. The molecule has 0 saturated carbocycles. The first-order valence-electron chi connectivity index (χ1n) is 20.0. The highest BCUT2D eigenvalue weighted by Crippen LogP contribution is 2.52. The van der Waals surface area contributed by atoms with Gasteiger partial charge in [-0.25, -0.2) is 0 Å². The van der Waals surface area contributed by atoms with Crippen LogP contribution in [0.2, 0.25) is 0 Å². The SMILES string of the molecule is CC1(C)c2ccccc2-c2ccc(N(c3ccccc3)c3cccc4c3oc3c(-c5ccc(-c6cccc7c6sc6ccccc67)cc5)c5ccccc5cc34)cc21. The van der Waals surface area contributed by atoms with Crippen molar-refractivity contribution in [2.45, 2.75) is 19.3 Å². The molecule has 0 radical (unpaired) electrons. The lowest BCUT2D eigenvalue weighted by Crippen LogP contribution is -2.16. The average Bonchev–Trinajstić information content (AvgIpc) is 3.91. The van der Waals surface area contributed by atoms with E-state index in [2.05, 4.69) is 207 Å². The summed E-state index contributed by atoms with van der Waals surface area (Å²) in [6.07, 6.45) is 0. The molecule has 0 unspecified atom stereocenters. The number of thiophene rings is 1. The molecule has 2 aromatic heterocycles. The van der Waals surface area contributed by atoms with Gasteiger partial charge in [-0.1, -0.05) is 159 Å². The molecule has 12 rings (SSSR count). The van der Waals surface area contributed by atoms with E-state index in [1.54, 1.807) is 0 Å². The first-order chi connectivity index (χ1) is 28.5. The Morgan fingerprint density at radius 1 is 0.448 bits per heavy atom. The van der Waals surface area contributed by atoms with Crippen molar-refractivity contribution in [3.63, 3.8) is 0 Å². The molecule has 0 N–H and O–H groups in total. The van der Waals surface area contributed by atoms with E-state index in [-0.39, 0.29) is 5.41 Å². The predicted molar refractivity (Wildman–Crippen MR) is 247 cm³/mol. The number of hydrogen-bond acceptors (Lipinski definition) is 3. The molecule has 0 aliphatic heterocycles. The number of rotatable bonds is 5. The second-order valence-corrected chi connectivity index (χ2v) is 17.1. The quantitative estimate of drug-likeness (QED) is 0.174. The maximum absolute atomic E-state index is 7.25. The van der Waals surface area contributed by atoms with Crippen molar-refractivity contribution in [2.24, 2.45) is 0 Å². The average molecular weight is 760 g/mol. The van der Waals surface area contributed by atoms with E-state index in [1.807, 2.05) is 11.3 Å². The summed E-state index contributed by atoms with van der Waals surface area (Å²) in [5.41, 5.74) is 14.9. The van der Waals surface area contributed by atoms with Gasteiger partial charge in [0.05, 0.1) is 5.69 Å². The zero-order chi connectivity index (χ0) is 38.5. The third kappa shape index (κ3) is 4.84. The maximum atomic E-state index is 7.25. The summed E-state index contributed by atoms with van der Waals surface area (Å²) in [6, 6.07) is 68.6. The zero-order valence-corrected chi connectivity index (χ0v) is 33.0. The van der Waals surface area contributed by atoms with Crippen molar-refractivity contribution in [1.82, 2.24) is 0 Å². The summed E-state index contributed by atoms with van der Waals surface area (Å²) in [5, 5.41) is 7.22. The Morgan fingerprint density at radius 3 is 2.00 bits per heavy atom. The number of benzene rings is 9. The number of anilines is 3. The lowest BCUT2D eigenvalue weighted by molar-refractivity contribution is 0.660. The van der Waals surface area contributed by atoms with Crippen LogP contribution >= 0.6 is 11.3 Å². The fourth-order valence-electron chi connectivity index (χ4n) is 9.67. The Hall–Kier alpha value is -6.94. The Balaban J connectivity index is 1.05. The molecule has 58 heavy (non-hydrogen) atoms. The van der Waals surface area contributed by atoms with Gasteiger partial charge in [-0.2, -0.15) is 0 Å². The summed E-state index contributed by atoms with van der Waals surface area (Å²) in [6.45, 7) is 4.69. The van der Waals surface area contributed by atoms with E-state index in [9.17, 15) is 0 Å². The number of nitrogens with zero attached hydrogens (tertiary/aromatic N) is 1. The minimum absolute atomic E-state index is 0.120. The van der Waals surface area contributed by atoms with Gasteiger partial charge >= 0.3 is 0 Å². The summed E-state index contributed by atoms with van der Waals surface area (Å²) < 4.78 is 9.90. The van der Waals surface area contributed by atoms with Crippen LogP contribution in [-0.4, -0.2) is 0 Å². The number of fused-ring (bicyclic) bond motifs is 10. The summed E-state index contributed by atoms with van der Waals surface area (Å²) in [5.74, 6) is 0. The second-order valence-electron chi connectivity index (χ2n) is 16.0. The maximum Gasteiger partial charge on any atom is 0.159 e. The highest BCUT2D eigenvalue weighted by atomic mass is 32.1. The Morgan fingerprint density at radius 2 is 1.12 bits per heavy atom. The fraction of sp³-hybridized carbons (Fsp3) is 0.0545. The smallest absolute Gasteiger partial charge is 0.159 e. The number of furan rings is 1. The minimum Gasteiger partial charge on any atom is -0.453 e. The van der Waals surface area contributed by atoms with Crippen molar-refractivity contribution < 1.29 is 4.42 Å². The third-order valence-electron chi connectivity index (χ3n) is 12.5. The molecule has 274 valence electrons. The highest BCUT2D eigenvalue weighted by molar-refractivity contribution is 7.26. The van der Waals surface area contributed by atoms with E-state index in [0.29, 0.717) is 0 Å². The van der Waals surface area contributed by atoms with Crippen LogP contribution in [0.15, 0.2) is 192 Å². The minimum atomic E-state index is -0.120. The van der Waals surface area contributed by atoms with Crippen LogP contribution in [-0.2, 0) is 5.41 Å². The van der Waals surface area contributed by atoms with Gasteiger partial charge in [0.2, 0.25) is 0 Å². The molecule has 11 aromatic rings. The summed E-state index contributed by atoms with van der Waals surface area (Å²) in [4.78, 5) is 2.37. The molecule has 0 spiro atoms. The third-order valence-corrected chi connectivity index (χ3v) is 13.7. The lowest BCUT2D eigenvalue weighted by atomic mass is 9.82. The Kier molecular flexibility index (Phi) is 7.18. The molecule has 3 heteroatoms. The van der Waals surface area contributed by atoms with Crippen LogP contribution in [0.3, 0.4) is 0 Å². The van der Waals surface area contributed by atoms with Gasteiger partial charge in [-0.05, 0) is 92.2 Å². The molecule has 1 aliphatic rings. The van der Waals surface area contributed by atoms with Crippen molar-refractivity contribution in [3.05, 3.63) is 199 Å². The Labute approximate surface area is 340 Å². The molecule has 0 bridgehead atoms. The van der Waals surface area contributed by atoms with Crippen LogP contribution in [0.25, 0.3) is 86.3 Å². The highest BCUT2D eigenvalue weighted by Gasteiger charge is 2.36. The molecule has 0 amide bonds. The Bertz CT molecular complexity index is 3420. The predicted octanol–water partition coefficient (Wildman–Crippen LogP) is 16.2. The van der Waals surface area contributed by atoms with Gasteiger partial charge < -0.3 is 9.32 Å². The summed E-state index contributed by atoms with van der Waals surface area (Å²) in [7, 11) is 0. The topological polar surface area (TPSA) is 16.4 Å². The van der Waals surface area contributed by atoms with Crippen LogP contribution in [0, 0.1) is 0 Å². The molecule has 1 aliphatic carbocycles. The molecule has 2 nitrogen and oxygen atoms in total. The van der Waals surface area contributed by atoms with Crippen LogP contribution in [0.5, 0.6) is 0 Å². The van der Waals surface area contributed by atoms with E-state index in [0.717, 1.165) is 50.1 Å². The van der Waals surface area contributed by atoms with Gasteiger partial charge in [0, 0.05) is 53.3 Å². The van der Waals surface area contributed by atoms with Gasteiger partial charge in [0.1, 0.15) is 5.58 Å². The van der Waals surface area contributed by atoms with E-state index in [4.69, 9.17) is 4.42 Å². The monoisotopic (exact) mass is 759 g/mol. The van der Waals surface area contributed by atoms with Crippen LogP contribution < -0.4 is 4.90 Å². The van der Waals surface area contributed by atoms with Crippen molar-refractivity contribution in [3.8, 4) is 33.4 Å². The molecular weight excluding hydrogens is 723 g/mol. The van der Waals surface area contributed by atoms with Gasteiger partial charge in [0.25, 0.3) is 0 Å². The van der Waals surface area contributed by atoms with Crippen molar-refractivity contribution in [1.29, 1.82) is 0 Å². The van der Waals surface area contributed by atoms with Crippen molar-refractivity contribution >= 4 is 81.3 Å². The first-order valence-corrected chi connectivity index (χ1v) is 20.8. The summed E-state index contributed by atoms with van der Waals surface area (Å²) >= 11 is 1.87. The van der Waals surface area contributed by atoms with E-state index in [1.165, 1.54) is 64.3 Å².